The Morgan fingerprint density at radius 3 is 2.52 bits per heavy atom. The van der Waals surface area contributed by atoms with Crippen molar-refractivity contribution in [3.63, 3.8) is 0 Å². The van der Waals surface area contributed by atoms with Gasteiger partial charge in [0.15, 0.2) is 0 Å². The van der Waals surface area contributed by atoms with Crippen LogP contribution in [-0.2, 0) is 21.4 Å². The topological polar surface area (TPSA) is 98.3 Å². The Kier molecular flexibility index (Phi) is 7.62. The molecule has 0 radical (unpaired) electrons. The monoisotopic (exact) mass is 438 g/mol. The highest BCUT2D eigenvalue weighted by atomic mass is 35.5. The Balaban J connectivity index is 2.13. The molecule has 7 nitrogen and oxygen atoms in total. The highest BCUT2D eigenvalue weighted by molar-refractivity contribution is 7.89. The zero-order valence-corrected chi connectivity index (χ0v) is 18.7. The zero-order chi connectivity index (χ0) is 21.8. The highest BCUT2D eigenvalue weighted by Crippen LogP contribution is 2.23. The maximum Gasteiger partial charge on any atom is 0.246 e. The number of likely N-dealkylation sites (N-methyl/N-ethyl adjacent to an activating group) is 1. The van der Waals surface area contributed by atoms with Crippen molar-refractivity contribution in [1.29, 1.82) is 0 Å². The van der Waals surface area contributed by atoms with Gasteiger partial charge in [-0.15, -0.1) is 0 Å². The molecule has 1 amide bonds. The fourth-order valence-electron chi connectivity index (χ4n) is 2.84. The summed E-state index contributed by atoms with van der Waals surface area (Å²) in [6.07, 6.45) is 5.17. The van der Waals surface area contributed by atoms with E-state index in [-0.39, 0.29) is 16.8 Å². The molecule has 0 fully saturated rings. The van der Waals surface area contributed by atoms with E-state index >= 15 is 0 Å². The Hall–Kier alpha value is -2.16. The molecule has 1 aromatic carbocycles. The average molecular weight is 439 g/mol. The summed E-state index contributed by atoms with van der Waals surface area (Å²) in [4.78, 5) is 14.2. The van der Waals surface area contributed by atoms with Gasteiger partial charge in [0.05, 0.1) is 16.6 Å². The highest BCUT2D eigenvalue weighted by Gasteiger charge is 2.17. The third-order valence-corrected chi connectivity index (χ3v) is 6.17. The first-order chi connectivity index (χ1) is 13.6. The van der Waals surface area contributed by atoms with Crippen molar-refractivity contribution in [1.82, 2.24) is 14.7 Å². The Bertz CT molecular complexity index is 997. The molecular formula is C20H27ClN4O3S. The molecule has 1 unspecified atom stereocenters. The number of carbonyl (C=O) groups excluding carboxylic acids is 1. The van der Waals surface area contributed by atoms with Crippen LogP contribution in [0.15, 0.2) is 35.2 Å². The van der Waals surface area contributed by atoms with Crippen LogP contribution in [-0.4, -0.2) is 36.1 Å². The number of amides is 1. The summed E-state index contributed by atoms with van der Waals surface area (Å²) in [7, 11) is -2.06. The quantitative estimate of drug-likeness (QED) is 0.637. The van der Waals surface area contributed by atoms with E-state index in [0.717, 1.165) is 36.2 Å². The van der Waals surface area contributed by atoms with Crippen LogP contribution < -0.4 is 5.14 Å². The van der Waals surface area contributed by atoms with Gasteiger partial charge in [-0.2, -0.15) is 5.10 Å². The summed E-state index contributed by atoms with van der Waals surface area (Å²) in [5.74, 6) is -0.204. The van der Waals surface area contributed by atoms with Crippen LogP contribution in [0.2, 0.25) is 5.15 Å². The van der Waals surface area contributed by atoms with Gasteiger partial charge in [-0.05, 0) is 44.0 Å². The van der Waals surface area contributed by atoms with Crippen molar-refractivity contribution in [2.24, 2.45) is 5.14 Å². The first-order valence-electron chi connectivity index (χ1n) is 9.36. The van der Waals surface area contributed by atoms with E-state index in [1.807, 2.05) is 13.8 Å². The number of nitrogens with zero attached hydrogens (tertiary/aromatic N) is 3. The van der Waals surface area contributed by atoms with Crippen molar-refractivity contribution < 1.29 is 13.2 Å². The van der Waals surface area contributed by atoms with Gasteiger partial charge >= 0.3 is 0 Å². The predicted octanol–water partition coefficient (Wildman–Crippen LogP) is 3.53. The Morgan fingerprint density at radius 2 is 1.97 bits per heavy atom. The van der Waals surface area contributed by atoms with Crippen LogP contribution in [0.3, 0.4) is 0 Å². The van der Waals surface area contributed by atoms with Crippen molar-refractivity contribution in [2.45, 2.75) is 51.1 Å². The number of primary sulfonamides is 1. The Morgan fingerprint density at radius 1 is 1.34 bits per heavy atom. The van der Waals surface area contributed by atoms with Crippen LogP contribution >= 0.6 is 11.6 Å². The predicted molar refractivity (Wildman–Crippen MR) is 115 cm³/mol. The molecule has 0 aliphatic carbocycles. The van der Waals surface area contributed by atoms with Gasteiger partial charge in [0.1, 0.15) is 5.15 Å². The molecule has 1 heterocycles. The molecule has 9 heteroatoms. The number of halogens is 1. The molecule has 29 heavy (non-hydrogen) atoms. The van der Waals surface area contributed by atoms with Crippen LogP contribution in [0.1, 0.15) is 49.6 Å². The molecule has 0 aliphatic heterocycles. The summed E-state index contributed by atoms with van der Waals surface area (Å²) in [6, 6.07) is 5.91. The maximum atomic E-state index is 12.6. The second-order valence-corrected chi connectivity index (χ2v) is 8.86. The van der Waals surface area contributed by atoms with E-state index in [9.17, 15) is 13.2 Å². The molecule has 1 aromatic heterocycles. The second-order valence-electron chi connectivity index (χ2n) is 6.94. The number of sulfonamides is 1. The van der Waals surface area contributed by atoms with Gasteiger partial charge in [-0.1, -0.05) is 37.1 Å². The minimum Gasteiger partial charge on any atom is -0.335 e. The largest absolute Gasteiger partial charge is 0.335 e. The van der Waals surface area contributed by atoms with E-state index in [1.165, 1.54) is 18.2 Å². The SMILES string of the molecule is CCCCn1nc(C)c(/C=C/C(=O)N(C)C(C)c2ccc(S(N)(=O)=O)cc2)c1Cl. The number of aromatic nitrogens is 2. The Labute approximate surface area is 177 Å². The number of nitrogens with two attached hydrogens (primary N) is 1. The number of unbranched alkanes of at least 4 members (excludes halogenated alkanes) is 1. The summed E-state index contributed by atoms with van der Waals surface area (Å²) in [5, 5.41) is 10.1. The summed E-state index contributed by atoms with van der Waals surface area (Å²) in [5.41, 5.74) is 2.29. The van der Waals surface area contributed by atoms with Gasteiger partial charge in [-0.25, -0.2) is 13.6 Å². The maximum absolute atomic E-state index is 12.6. The second kappa shape index (κ2) is 9.56. The third-order valence-electron chi connectivity index (χ3n) is 4.85. The molecule has 2 N–H and O–H groups in total. The lowest BCUT2D eigenvalue weighted by molar-refractivity contribution is -0.126. The van der Waals surface area contributed by atoms with Gasteiger partial charge in [0, 0.05) is 25.2 Å². The van der Waals surface area contributed by atoms with Crippen molar-refractivity contribution in [3.8, 4) is 0 Å². The van der Waals surface area contributed by atoms with Crippen molar-refractivity contribution >= 4 is 33.6 Å². The number of aryl methyl sites for hydroxylation is 2. The first-order valence-corrected chi connectivity index (χ1v) is 11.3. The van der Waals surface area contributed by atoms with E-state index < -0.39 is 10.0 Å². The van der Waals surface area contributed by atoms with E-state index in [2.05, 4.69) is 12.0 Å². The molecular weight excluding hydrogens is 412 g/mol. The summed E-state index contributed by atoms with van der Waals surface area (Å²) >= 11 is 6.40. The zero-order valence-electron chi connectivity index (χ0n) is 17.1. The lowest BCUT2D eigenvalue weighted by atomic mass is 10.1. The van der Waals surface area contributed by atoms with Gasteiger partial charge in [0.2, 0.25) is 15.9 Å². The number of carbonyl (C=O) groups is 1. The molecule has 0 bridgehead atoms. The van der Waals surface area contributed by atoms with Crippen molar-refractivity contribution in [3.05, 3.63) is 52.3 Å². The molecule has 0 saturated carbocycles. The van der Waals surface area contributed by atoms with E-state index in [1.54, 1.807) is 34.8 Å². The molecule has 2 aromatic rings. The minimum atomic E-state index is -3.75. The number of hydrogen-bond acceptors (Lipinski definition) is 4. The molecule has 2 rings (SSSR count). The summed E-state index contributed by atoms with van der Waals surface area (Å²) in [6.45, 7) is 6.56. The minimum absolute atomic E-state index is 0.0347. The normalized spacial score (nSPS) is 13.0. The van der Waals surface area contributed by atoms with E-state index in [4.69, 9.17) is 16.7 Å². The number of benzene rings is 1. The average Bonchev–Trinajstić information content (AvgIpc) is 2.95. The number of hydrogen-bond donors (Lipinski definition) is 1. The van der Waals surface area contributed by atoms with Crippen molar-refractivity contribution in [2.75, 3.05) is 7.05 Å². The fraction of sp³-hybridized carbons (Fsp3) is 0.400. The fourth-order valence-corrected chi connectivity index (χ4v) is 3.67. The number of rotatable bonds is 8. The standard InChI is InChI=1S/C20H27ClN4O3S/c1-5-6-13-25-20(21)18(14(2)23-25)11-12-19(26)24(4)15(3)16-7-9-17(10-8-16)29(22,27)28/h7-12,15H,5-6,13H2,1-4H3,(H2,22,27,28)/b12-11+. The molecule has 0 saturated heterocycles. The van der Waals surface area contributed by atoms with Crippen LogP contribution in [0.5, 0.6) is 0 Å². The molecule has 0 aliphatic rings. The summed E-state index contributed by atoms with van der Waals surface area (Å²) < 4.78 is 24.5. The van der Waals surface area contributed by atoms with Gasteiger partial charge in [0.25, 0.3) is 0 Å². The van der Waals surface area contributed by atoms with Crippen LogP contribution in [0.25, 0.3) is 6.08 Å². The van der Waals surface area contributed by atoms with Gasteiger partial charge < -0.3 is 4.90 Å². The van der Waals surface area contributed by atoms with Gasteiger partial charge in [-0.3, -0.25) is 9.48 Å². The smallest absolute Gasteiger partial charge is 0.246 e. The lowest BCUT2D eigenvalue weighted by Crippen LogP contribution is -2.28. The molecule has 1 atom stereocenters. The lowest BCUT2D eigenvalue weighted by Gasteiger charge is -2.24. The van der Waals surface area contributed by atoms with Crippen LogP contribution in [0, 0.1) is 6.92 Å². The first kappa shape index (κ1) is 23.1. The van der Waals surface area contributed by atoms with E-state index in [0.29, 0.717) is 5.15 Å². The molecule has 158 valence electrons. The van der Waals surface area contributed by atoms with Crippen LogP contribution in [0.4, 0.5) is 0 Å². The molecule has 0 spiro atoms. The third kappa shape index (κ3) is 5.68.